The molecule has 0 saturated heterocycles. The van der Waals surface area contributed by atoms with Gasteiger partial charge in [-0.05, 0) is 53.9 Å². The van der Waals surface area contributed by atoms with Gasteiger partial charge < -0.3 is 15.2 Å². The molecule has 0 amide bonds. The highest BCUT2D eigenvalue weighted by molar-refractivity contribution is 9.10. The van der Waals surface area contributed by atoms with E-state index in [0.717, 1.165) is 27.1 Å². The molecule has 88 valence electrons. The molecule has 0 aromatic heterocycles. The highest BCUT2D eigenvalue weighted by Crippen LogP contribution is 2.44. The summed E-state index contributed by atoms with van der Waals surface area (Å²) in [5.41, 5.74) is 7.94. The third kappa shape index (κ3) is 1.92. The van der Waals surface area contributed by atoms with E-state index < -0.39 is 5.54 Å². The number of halogens is 1. The van der Waals surface area contributed by atoms with Crippen LogP contribution in [0.2, 0.25) is 0 Å². The highest BCUT2D eigenvalue weighted by atomic mass is 79.9. The number of nitrogens with two attached hydrogens (primary N) is 1. The van der Waals surface area contributed by atoms with Gasteiger partial charge in [0.2, 0.25) is 0 Å². The lowest BCUT2D eigenvalue weighted by Gasteiger charge is -2.28. The Labute approximate surface area is 104 Å². The van der Waals surface area contributed by atoms with Crippen LogP contribution >= 0.6 is 15.9 Å². The molecule has 16 heavy (non-hydrogen) atoms. The number of rotatable bonds is 1. The van der Waals surface area contributed by atoms with Crippen LogP contribution in [0.1, 0.15) is 25.0 Å². The predicted molar refractivity (Wildman–Crippen MR) is 67.1 cm³/mol. The molecule has 4 heteroatoms. The Morgan fingerprint density at radius 3 is 2.56 bits per heavy atom. The maximum absolute atomic E-state index is 6.17. The van der Waals surface area contributed by atoms with Crippen molar-refractivity contribution in [3.63, 3.8) is 0 Å². The van der Waals surface area contributed by atoms with Crippen molar-refractivity contribution < 1.29 is 9.47 Å². The molecule has 0 atom stereocenters. The molecule has 3 nitrogen and oxygen atoms in total. The average molecular weight is 286 g/mol. The molecule has 0 unspecified atom stereocenters. The zero-order chi connectivity index (χ0) is 11.9. The van der Waals surface area contributed by atoms with Gasteiger partial charge in [0, 0.05) is 5.54 Å². The Morgan fingerprint density at radius 2 is 1.94 bits per heavy atom. The van der Waals surface area contributed by atoms with Crippen LogP contribution in [0.5, 0.6) is 11.5 Å². The summed E-state index contributed by atoms with van der Waals surface area (Å²) in [7, 11) is 0. The van der Waals surface area contributed by atoms with Crippen molar-refractivity contribution in [1.29, 1.82) is 0 Å². The fourth-order valence-electron chi connectivity index (χ4n) is 2.06. The molecule has 0 fully saturated rings. The smallest absolute Gasteiger partial charge is 0.175 e. The van der Waals surface area contributed by atoms with Crippen molar-refractivity contribution >= 4 is 15.9 Å². The minimum absolute atomic E-state index is 0.404. The summed E-state index contributed by atoms with van der Waals surface area (Å²) in [4.78, 5) is 0. The molecule has 0 saturated carbocycles. The number of fused-ring (bicyclic) bond motifs is 1. The first kappa shape index (κ1) is 11.7. The number of hydrogen-bond donors (Lipinski definition) is 1. The predicted octanol–water partition coefficient (Wildman–Crippen LogP) is 2.72. The molecule has 2 N–H and O–H groups in total. The number of hydrogen-bond acceptors (Lipinski definition) is 3. The van der Waals surface area contributed by atoms with Crippen molar-refractivity contribution in [3.05, 3.63) is 21.7 Å². The number of aryl methyl sites for hydroxylation is 1. The number of benzene rings is 1. The van der Waals surface area contributed by atoms with Gasteiger partial charge in [-0.25, -0.2) is 0 Å². The van der Waals surface area contributed by atoms with Gasteiger partial charge in [0.25, 0.3) is 0 Å². The van der Waals surface area contributed by atoms with Crippen LogP contribution in [0.25, 0.3) is 0 Å². The fraction of sp³-hybridized carbons (Fsp3) is 0.500. The Bertz CT molecular complexity index is 424. The first-order valence-electron chi connectivity index (χ1n) is 5.29. The lowest BCUT2D eigenvalue weighted by molar-refractivity contribution is 0.169. The molecule has 0 spiro atoms. The minimum atomic E-state index is -0.404. The van der Waals surface area contributed by atoms with Crippen molar-refractivity contribution in [2.24, 2.45) is 5.73 Å². The van der Waals surface area contributed by atoms with Crippen molar-refractivity contribution in [1.82, 2.24) is 0 Å². The normalized spacial score (nSPS) is 15.1. The van der Waals surface area contributed by atoms with Crippen LogP contribution in [-0.2, 0) is 5.54 Å². The van der Waals surface area contributed by atoms with Gasteiger partial charge in [-0.2, -0.15) is 0 Å². The summed E-state index contributed by atoms with van der Waals surface area (Å²) in [5, 5.41) is 0. The van der Waals surface area contributed by atoms with E-state index in [1.807, 2.05) is 26.8 Å². The van der Waals surface area contributed by atoms with Crippen LogP contribution in [0.15, 0.2) is 10.5 Å². The Kier molecular flexibility index (Phi) is 2.88. The Balaban J connectivity index is 2.63. The van der Waals surface area contributed by atoms with Crippen LogP contribution in [0.3, 0.4) is 0 Å². The summed E-state index contributed by atoms with van der Waals surface area (Å²) >= 11 is 3.57. The van der Waals surface area contributed by atoms with Gasteiger partial charge in [0.15, 0.2) is 11.5 Å². The maximum atomic E-state index is 6.17. The van der Waals surface area contributed by atoms with Gasteiger partial charge in [-0.3, -0.25) is 0 Å². The quantitative estimate of drug-likeness (QED) is 0.863. The third-order valence-electron chi connectivity index (χ3n) is 2.62. The minimum Gasteiger partial charge on any atom is -0.486 e. The van der Waals surface area contributed by atoms with E-state index in [1.54, 1.807) is 0 Å². The van der Waals surface area contributed by atoms with E-state index in [0.29, 0.717) is 13.2 Å². The van der Waals surface area contributed by atoms with Crippen LogP contribution in [0.4, 0.5) is 0 Å². The molecule has 1 aromatic carbocycles. The van der Waals surface area contributed by atoms with Gasteiger partial charge in [0.1, 0.15) is 13.2 Å². The molecular formula is C12H16BrNO2. The van der Waals surface area contributed by atoms with E-state index >= 15 is 0 Å². The molecular weight excluding hydrogens is 270 g/mol. The third-order valence-corrected chi connectivity index (χ3v) is 3.37. The van der Waals surface area contributed by atoms with Crippen molar-refractivity contribution in [3.8, 4) is 11.5 Å². The van der Waals surface area contributed by atoms with Crippen molar-refractivity contribution in [2.75, 3.05) is 13.2 Å². The molecule has 1 aromatic rings. The van der Waals surface area contributed by atoms with Gasteiger partial charge >= 0.3 is 0 Å². The second-order valence-electron chi connectivity index (χ2n) is 4.63. The van der Waals surface area contributed by atoms with Crippen LogP contribution < -0.4 is 15.2 Å². The van der Waals surface area contributed by atoms with Gasteiger partial charge in [-0.15, -0.1) is 0 Å². The van der Waals surface area contributed by atoms with Gasteiger partial charge in [0.05, 0.1) is 4.47 Å². The lowest BCUT2D eigenvalue weighted by Crippen LogP contribution is -2.31. The Morgan fingerprint density at radius 1 is 1.31 bits per heavy atom. The highest BCUT2D eigenvalue weighted by Gasteiger charge is 2.26. The van der Waals surface area contributed by atoms with E-state index in [-0.39, 0.29) is 0 Å². The summed E-state index contributed by atoms with van der Waals surface area (Å²) in [6, 6.07) is 1.99. The van der Waals surface area contributed by atoms with E-state index in [4.69, 9.17) is 15.2 Å². The standard InChI is InChI=1S/C12H16BrNO2/c1-7-6-8-11(16-5-4-15-8)10(13)9(7)12(2,3)14/h6H,4-5,14H2,1-3H3. The summed E-state index contributed by atoms with van der Waals surface area (Å²) in [6.07, 6.45) is 0. The molecule has 1 aliphatic heterocycles. The monoisotopic (exact) mass is 285 g/mol. The molecule has 0 aliphatic carbocycles. The van der Waals surface area contributed by atoms with E-state index in [9.17, 15) is 0 Å². The maximum Gasteiger partial charge on any atom is 0.175 e. The Hall–Kier alpha value is -0.740. The summed E-state index contributed by atoms with van der Waals surface area (Å²) < 4.78 is 12.1. The second-order valence-corrected chi connectivity index (χ2v) is 5.42. The molecule has 1 heterocycles. The van der Waals surface area contributed by atoms with E-state index in [2.05, 4.69) is 15.9 Å². The molecule has 0 bridgehead atoms. The summed E-state index contributed by atoms with van der Waals surface area (Å²) in [6.45, 7) is 7.18. The summed E-state index contributed by atoms with van der Waals surface area (Å²) in [5.74, 6) is 1.56. The van der Waals surface area contributed by atoms with Crippen LogP contribution in [-0.4, -0.2) is 13.2 Å². The first-order valence-corrected chi connectivity index (χ1v) is 6.08. The van der Waals surface area contributed by atoms with E-state index in [1.165, 1.54) is 0 Å². The van der Waals surface area contributed by atoms with Crippen molar-refractivity contribution in [2.45, 2.75) is 26.3 Å². The first-order chi connectivity index (χ1) is 7.41. The topological polar surface area (TPSA) is 44.5 Å². The van der Waals surface area contributed by atoms with Gasteiger partial charge in [-0.1, -0.05) is 0 Å². The SMILES string of the molecule is Cc1cc2c(c(Br)c1C(C)(C)N)OCCO2. The molecule has 0 radical (unpaired) electrons. The second kappa shape index (κ2) is 3.93. The van der Waals surface area contributed by atoms with Crippen LogP contribution in [0, 0.1) is 6.92 Å². The average Bonchev–Trinajstić information content (AvgIpc) is 2.15. The molecule has 1 aliphatic rings. The zero-order valence-electron chi connectivity index (χ0n) is 9.76. The largest absolute Gasteiger partial charge is 0.486 e. The zero-order valence-corrected chi connectivity index (χ0v) is 11.3. The lowest BCUT2D eigenvalue weighted by atomic mass is 9.91. The molecule has 2 rings (SSSR count). The fourth-order valence-corrected chi connectivity index (χ4v) is 3.19. The number of ether oxygens (including phenoxy) is 2.